The Hall–Kier alpha value is -0.590. The third-order valence-electron chi connectivity index (χ3n) is 10.5. The van der Waals surface area contributed by atoms with Gasteiger partial charge in [0.25, 0.3) is 0 Å². The number of hydrogen-bond acceptors (Lipinski definition) is 1. The minimum Gasteiger partial charge on any atom is -0.299 e. The Labute approximate surface area is 180 Å². The van der Waals surface area contributed by atoms with Crippen molar-refractivity contribution in [2.24, 2.45) is 46.3 Å². The molecule has 164 valence electrons. The number of fused-ring (bicyclic) bond motifs is 4. The molecular weight excluding hydrogens is 352 g/mol. The molecule has 0 amide bonds. The normalized spacial score (nSPS) is 43.2. The number of carbonyl (C=O) groups excluding carboxylic acids is 1. The van der Waals surface area contributed by atoms with E-state index in [1.54, 1.807) is 0 Å². The van der Waals surface area contributed by atoms with Gasteiger partial charge in [-0.25, -0.2) is 0 Å². The predicted octanol–water partition coefficient (Wildman–Crippen LogP) is 7.99. The van der Waals surface area contributed by atoms with Gasteiger partial charge in [0.05, 0.1) is 0 Å². The zero-order valence-electron chi connectivity index (χ0n) is 20.2. The number of Topliss-reactive ketones (excluding diaryl/α,β-unsaturated/α-hetero) is 1. The van der Waals surface area contributed by atoms with E-state index in [0.29, 0.717) is 22.5 Å². The van der Waals surface area contributed by atoms with Crippen LogP contribution in [0.1, 0.15) is 112 Å². The number of ketones is 1. The first kappa shape index (κ1) is 21.6. The summed E-state index contributed by atoms with van der Waals surface area (Å²) in [6.07, 6.45) is 14.4. The summed E-state index contributed by atoms with van der Waals surface area (Å²) in [4.78, 5) is 12.4. The number of allylic oxidation sites excluding steroid dienone is 2. The van der Waals surface area contributed by atoms with E-state index in [-0.39, 0.29) is 5.92 Å². The van der Waals surface area contributed by atoms with Crippen LogP contribution >= 0.6 is 0 Å². The Morgan fingerprint density at radius 2 is 1.72 bits per heavy atom. The highest BCUT2D eigenvalue weighted by atomic mass is 16.1. The highest BCUT2D eigenvalue weighted by Crippen LogP contribution is 2.66. The topological polar surface area (TPSA) is 17.1 Å². The molecule has 0 aromatic heterocycles. The molecule has 0 aliphatic heterocycles. The van der Waals surface area contributed by atoms with Crippen molar-refractivity contribution >= 4 is 5.78 Å². The molecule has 0 aromatic rings. The largest absolute Gasteiger partial charge is 0.299 e. The fourth-order valence-electron chi connectivity index (χ4n) is 8.75. The summed E-state index contributed by atoms with van der Waals surface area (Å²) >= 11 is 0. The van der Waals surface area contributed by atoms with Crippen LogP contribution in [0.5, 0.6) is 0 Å². The molecule has 0 N–H and O–H groups in total. The molecule has 2 fully saturated rings. The van der Waals surface area contributed by atoms with E-state index in [2.05, 4.69) is 41.5 Å². The zero-order valence-corrected chi connectivity index (χ0v) is 20.2. The SMILES string of the molecule is CC(C)CCCC(C)C1CCC2C3=C(CCC21C)C1(C)CCC(=O)C(C)C1CC3. The van der Waals surface area contributed by atoms with Gasteiger partial charge < -0.3 is 0 Å². The predicted molar refractivity (Wildman–Crippen MR) is 123 cm³/mol. The molecule has 4 rings (SSSR count). The van der Waals surface area contributed by atoms with Gasteiger partial charge in [-0.1, -0.05) is 72.0 Å². The first-order valence-electron chi connectivity index (χ1n) is 12.9. The molecule has 0 aromatic carbocycles. The maximum absolute atomic E-state index is 12.4. The van der Waals surface area contributed by atoms with E-state index < -0.39 is 0 Å². The van der Waals surface area contributed by atoms with Crippen molar-refractivity contribution in [3.63, 3.8) is 0 Å². The molecule has 4 aliphatic carbocycles. The second-order valence-corrected chi connectivity index (χ2v) is 12.4. The highest BCUT2D eigenvalue weighted by molar-refractivity contribution is 5.82. The molecule has 0 radical (unpaired) electrons. The van der Waals surface area contributed by atoms with Crippen LogP contribution in [0.15, 0.2) is 11.1 Å². The Morgan fingerprint density at radius 1 is 0.966 bits per heavy atom. The average Bonchev–Trinajstić information content (AvgIpc) is 3.02. The molecule has 0 heterocycles. The summed E-state index contributed by atoms with van der Waals surface area (Å²) < 4.78 is 0. The lowest BCUT2D eigenvalue weighted by Gasteiger charge is -2.55. The van der Waals surface area contributed by atoms with Crippen LogP contribution in [0.2, 0.25) is 0 Å². The molecule has 7 unspecified atom stereocenters. The minimum atomic E-state index is 0.286. The summed E-state index contributed by atoms with van der Waals surface area (Å²) in [5, 5.41) is 0. The van der Waals surface area contributed by atoms with Gasteiger partial charge in [-0.05, 0) is 85.4 Å². The molecule has 0 spiro atoms. The third kappa shape index (κ3) is 3.47. The second kappa shape index (κ2) is 7.83. The molecular formula is C28H46O. The van der Waals surface area contributed by atoms with Crippen LogP contribution in [0.4, 0.5) is 0 Å². The Kier molecular flexibility index (Phi) is 5.84. The smallest absolute Gasteiger partial charge is 0.136 e. The van der Waals surface area contributed by atoms with Crippen molar-refractivity contribution in [3.05, 3.63) is 11.1 Å². The molecule has 1 nitrogen and oxygen atoms in total. The zero-order chi connectivity index (χ0) is 21.0. The van der Waals surface area contributed by atoms with Crippen LogP contribution in [0.25, 0.3) is 0 Å². The summed E-state index contributed by atoms with van der Waals surface area (Å²) in [7, 11) is 0. The number of carbonyl (C=O) groups is 1. The lowest BCUT2D eigenvalue weighted by atomic mass is 9.49. The van der Waals surface area contributed by atoms with Crippen molar-refractivity contribution in [2.45, 2.75) is 112 Å². The summed E-state index contributed by atoms with van der Waals surface area (Å²) in [6.45, 7) is 14.7. The van der Waals surface area contributed by atoms with Crippen LogP contribution in [-0.4, -0.2) is 5.78 Å². The van der Waals surface area contributed by atoms with E-state index in [9.17, 15) is 4.79 Å². The van der Waals surface area contributed by atoms with Gasteiger partial charge in [-0.3, -0.25) is 4.79 Å². The maximum Gasteiger partial charge on any atom is 0.136 e. The van der Waals surface area contributed by atoms with Crippen LogP contribution in [0, 0.1) is 46.3 Å². The molecule has 0 saturated heterocycles. The third-order valence-corrected chi connectivity index (χ3v) is 10.5. The van der Waals surface area contributed by atoms with E-state index in [1.807, 2.05) is 11.1 Å². The van der Waals surface area contributed by atoms with Crippen molar-refractivity contribution in [1.29, 1.82) is 0 Å². The second-order valence-electron chi connectivity index (χ2n) is 12.4. The molecule has 4 aliphatic rings. The highest BCUT2D eigenvalue weighted by Gasteiger charge is 2.56. The molecule has 1 heteroatoms. The standard InChI is InChI=1S/C28H46O/c1-18(2)8-7-9-19(3)22-12-13-24-21-10-11-23-20(4)26(29)15-17-28(23,6)25(21)14-16-27(22,24)5/h18-20,22-24H,7-17H2,1-6H3. The monoisotopic (exact) mass is 398 g/mol. The summed E-state index contributed by atoms with van der Waals surface area (Å²) in [5.74, 6) is 4.92. The number of rotatable bonds is 5. The van der Waals surface area contributed by atoms with E-state index >= 15 is 0 Å². The van der Waals surface area contributed by atoms with E-state index in [1.165, 1.54) is 57.8 Å². The van der Waals surface area contributed by atoms with Gasteiger partial charge in [-0.15, -0.1) is 0 Å². The minimum absolute atomic E-state index is 0.286. The van der Waals surface area contributed by atoms with Crippen molar-refractivity contribution in [1.82, 2.24) is 0 Å². The van der Waals surface area contributed by atoms with Gasteiger partial charge in [0.15, 0.2) is 0 Å². The van der Waals surface area contributed by atoms with Gasteiger partial charge in [0.2, 0.25) is 0 Å². The molecule has 0 bridgehead atoms. The average molecular weight is 399 g/mol. The first-order chi connectivity index (χ1) is 13.7. The van der Waals surface area contributed by atoms with Gasteiger partial charge in [-0.2, -0.15) is 0 Å². The molecule has 29 heavy (non-hydrogen) atoms. The van der Waals surface area contributed by atoms with E-state index in [4.69, 9.17) is 0 Å². The Morgan fingerprint density at radius 3 is 2.45 bits per heavy atom. The first-order valence-corrected chi connectivity index (χ1v) is 12.9. The summed E-state index contributed by atoms with van der Waals surface area (Å²) in [5.41, 5.74) is 4.58. The van der Waals surface area contributed by atoms with Crippen molar-refractivity contribution < 1.29 is 4.79 Å². The maximum atomic E-state index is 12.4. The van der Waals surface area contributed by atoms with Crippen LogP contribution < -0.4 is 0 Å². The van der Waals surface area contributed by atoms with Crippen molar-refractivity contribution in [3.8, 4) is 0 Å². The van der Waals surface area contributed by atoms with Crippen LogP contribution in [-0.2, 0) is 4.79 Å². The Balaban J connectivity index is 1.55. The summed E-state index contributed by atoms with van der Waals surface area (Å²) in [6, 6.07) is 0. The van der Waals surface area contributed by atoms with Gasteiger partial charge in [0, 0.05) is 12.3 Å². The number of hydrogen-bond donors (Lipinski definition) is 0. The Bertz CT molecular complexity index is 672. The molecule has 2 saturated carbocycles. The van der Waals surface area contributed by atoms with Crippen molar-refractivity contribution in [2.75, 3.05) is 0 Å². The fourth-order valence-corrected chi connectivity index (χ4v) is 8.75. The van der Waals surface area contributed by atoms with E-state index in [0.717, 1.165) is 36.5 Å². The lowest BCUT2D eigenvalue weighted by molar-refractivity contribution is -0.130. The lowest BCUT2D eigenvalue weighted by Crippen LogP contribution is -2.47. The fraction of sp³-hybridized carbons (Fsp3) is 0.893. The molecule has 7 atom stereocenters. The van der Waals surface area contributed by atoms with Gasteiger partial charge in [0.1, 0.15) is 5.78 Å². The quantitative estimate of drug-likeness (QED) is 0.429. The van der Waals surface area contributed by atoms with Crippen LogP contribution in [0.3, 0.4) is 0 Å². The van der Waals surface area contributed by atoms with Gasteiger partial charge >= 0.3 is 0 Å².